The largest absolute Gasteiger partial charge is 0.339 e. The Labute approximate surface area is 166 Å². The number of piperazine rings is 1. The number of imidazole rings is 1. The van der Waals surface area contributed by atoms with Gasteiger partial charge in [0.25, 0.3) is 5.56 Å². The van der Waals surface area contributed by atoms with Gasteiger partial charge in [0.2, 0.25) is 11.9 Å². The van der Waals surface area contributed by atoms with Crippen LogP contribution in [-0.2, 0) is 7.05 Å². The lowest BCUT2D eigenvalue weighted by molar-refractivity contribution is 0.112. The van der Waals surface area contributed by atoms with Gasteiger partial charge in [0.15, 0.2) is 17.5 Å². The summed E-state index contributed by atoms with van der Waals surface area (Å²) < 4.78 is 3.02. The first-order valence-corrected chi connectivity index (χ1v) is 9.18. The molecule has 29 heavy (non-hydrogen) atoms. The van der Waals surface area contributed by atoms with Gasteiger partial charge in [-0.3, -0.25) is 14.2 Å². The van der Waals surface area contributed by atoms with E-state index in [9.17, 15) is 9.59 Å². The Morgan fingerprint density at radius 1 is 1.24 bits per heavy atom. The van der Waals surface area contributed by atoms with Gasteiger partial charge in [0.05, 0.1) is 0 Å². The number of pyridine rings is 1. The number of nitrogens with zero attached hydrogens (tertiary/aromatic N) is 6. The highest BCUT2D eigenvalue weighted by Crippen LogP contribution is 2.21. The van der Waals surface area contributed by atoms with Crippen molar-refractivity contribution in [2.24, 2.45) is 7.05 Å². The topological polar surface area (TPSA) is 110 Å². The Balaban J connectivity index is 1.81. The second kappa shape index (κ2) is 7.73. The van der Waals surface area contributed by atoms with Gasteiger partial charge in [-0.15, -0.1) is 0 Å². The number of nitrogens with one attached hydrogen (secondary N) is 2. The molecule has 10 nitrogen and oxygen atoms in total. The van der Waals surface area contributed by atoms with Crippen LogP contribution in [0.4, 0.5) is 17.7 Å². The lowest BCUT2D eigenvalue weighted by Crippen LogP contribution is -2.44. The maximum atomic E-state index is 13.1. The first-order valence-electron chi connectivity index (χ1n) is 9.18. The van der Waals surface area contributed by atoms with E-state index in [1.165, 1.54) is 10.8 Å². The lowest BCUT2D eigenvalue weighted by atomic mass is 10.3. The van der Waals surface area contributed by atoms with Crippen molar-refractivity contribution in [2.75, 3.05) is 36.4 Å². The maximum Gasteiger partial charge on any atom is 0.282 e. The zero-order valence-corrected chi connectivity index (χ0v) is 16.1. The number of carbonyl (C=O) groups is 1. The van der Waals surface area contributed by atoms with Crippen LogP contribution >= 0.6 is 0 Å². The Morgan fingerprint density at radius 2 is 2.03 bits per heavy atom. The first-order chi connectivity index (χ1) is 14.1. The quantitative estimate of drug-likeness (QED) is 0.483. The highest BCUT2D eigenvalue weighted by molar-refractivity contribution is 5.78. The molecular weight excluding hydrogens is 372 g/mol. The summed E-state index contributed by atoms with van der Waals surface area (Å²) in [6, 6.07) is 6.25. The third kappa shape index (κ3) is 3.43. The van der Waals surface area contributed by atoms with E-state index in [1.54, 1.807) is 30.7 Å². The number of hydrogen-bond acceptors (Lipinski definition) is 8. The molecule has 1 fully saturated rings. The molecule has 0 spiro atoms. The molecule has 1 aliphatic rings. The van der Waals surface area contributed by atoms with Gasteiger partial charge in [0, 0.05) is 51.0 Å². The third-order valence-electron chi connectivity index (χ3n) is 4.66. The molecule has 3 aromatic rings. The van der Waals surface area contributed by atoms with Crippen molar-refractivity contribution in [1.29, 1.82) is 0 Å². The highest BCUT2D eigenvalue weighted by Gasteiger charge is 2.22. The van der Waals surface area contributed by atoms with Crippen LogP contribution in [0.25, 0.3) is 11.2 Å². The SMILES string of the molecule is CC#Cn1c(N2CCNCC2)nc2nc(Nc3ccc(C=O)cn3)n(C)c(=O)c21. The Kier molecular flexibility index (Phi) is 4.97. The van der Waals surface area contributed by atoms with Gasteiger partial charge in [-0.25, -0.2) is 9.55 Å². The zero-order valence-electron chi connectivity index (χ0n) is 16.1. The van der Waals surface area contributed by atoms with E-state index in [4.69, 9.17) is 0 Å². The second-order valence-electron chi connectivity index (χ2n) is 6.54. The summed E-state index contributed by atoms with van der Waals surface area (Å²) in [4.78, 5) is 39.3. The minimum Gasteiger partial charge on any atom is -0.339 e. The van der Waals surface area contributed by atoms with E-state index in [-0.39, 0.29) is 5.56 Å². The normalized spacial score (nSPS) is 13.8. The van der Waals surface area contributed by atoms with Crippen LogP contribution in [-0.4, -0.2) is 56.6 Å². The third-order valence-corrected chi connectivity index (χ3v) is 4.66. The standard InChI is InChI=1S/C19H20N8O2/c1-3-8-27-15-16(24-19(27)26-9-6-20-7-10-26)23-18(25(2)17(15)29)22-14-5-4-13(12-28)11-21-14/h4-5,11-12,20H,6-7,9-10H2,1-2H3,(H,21,22,23). The van der Waals surface area contributed by atoms with E-state index < -0.39 is 0 Å². The number of aldehydes is 1. The molecule has 0 atom stereocenters. The van der Waals surface area contributed by atoms with Gasteiger partial charge < -0.3 is 15.5 Å². The molecule has 10 heteroatoms. The van der Waals surface area contributed by atoms with Crippen LogP contribution in [0.2, 0.25) is 0 Å². The molecule has 0 radical (unpaired) electrons. The van der Waals surface area contributed by atoms with E-state index in [0.717, 1.165) is 32.5 Å². The molecule has 0 aliphatic carbocycles. The minimum absolute atomic E-state index is 0.265. The Bertz CT molecular complexity index is 1180. The van der Waals surface area contributed by atoms with Crippen LogP contribution in [0, 0.1) is 12.0 Å². The van der Waals surface area contributed by atoms with Gasteiger partial charge in [-0.05, 0) is 19.1 Å². The fourth-order valence-corrected chi connectivity index (χ4v) is 3.17. The Morgan fingerprint density at radius 3 is 2.69 bits per heavy atom. The number of aromatic nitrogens is 5. The fraction of sp³-hybridized carbons (Fsp3) is 0.316. The summed E-state index contributed by atoms with van der Waals surface area (Å²) in [7, 11) is 1.62. The molecule has 0 aromatic carbocycles. The number of carbonyl (C=O) groups excluding carboxylic acids is 1. The number of anilines is 3. The van der Waals surface area contributed by atoms with Crippen LogP contribution in [0.1, 0.15) is 17.3 Å². The first kappa shape index (κ1) is 18.6. The average Bonchev–Trinajstić information content (AvgIpc) is 3.11. The fourth-order valence-electron chi connectivity index (χ4n) is 3.17. The monoisotopic (exact) mass is 392 g/mol. The molecule has 0 saturated carbocycles. The molecule has 1 aliphatic heterocycles. The molecule has 3 aromatic heterocycles. The van der Waals surface area contributed by atoms with Crippen molar-refractivity contribution >= 4 is 35.2 Å². The molecular formula is C19H20N8O2. The lowest BCUT2D eigenvalue weighted by Gasteiger charge is -2.27. The summed E-state index contributed by atoms with van der Waals surface area (Å²) in [5.74, 6) is 4.24. The molecule has 1 saturated heterocycles. The smallest absolute Gasteiger partial charge is 0.282 e. The maximum absolute atomic E-state index is 13.1. The predicted octanol–water partition coefficient (Wildman–Crippen LogP) is 0.320. The number of fused-ring (bicyclic) bond motifs is 1. The second-order valence-corrected chi connectivity index (χ2v) is 6.54. The van der Waals surface area contributed by atoms with Crippen LogP contribution in [0.3, 0.4) is 0 Å². The van der Waals surface area contributed by atoms with Crippen LogP contribution in [0.5, 0.6) is 0 Å². The summed E-state index contributed by atoms with van der Waals surface area (Å²) in [6.07, 6.45) is 2.16. The highest BCUT2D eigenvalue weighted by atomic mass is 16.1. The molecule has 4 rings (SSSR count). The molecule has 148 valence electrons. The summed E-state index contributed by atoms with van der Waals surface area (Å²) >= 11 is 0. The van der Waals surface area contributed by atoms with Crippen molar-refractivity contribution < 1.29 is 4.79 Å². The van der Waals surface area contributed by atoms with Crippen LogP contribution < -0.4 is 21.1 Å². The van der Waals surface area contributed by atoms with E-state index >= 15 is 0 Å². The number of hydrogen-bond donors (Lipinski definition) is 2. The predicted molar refractivity (Wildman–Crippen MR) is 110 cm³/mol. The van der Waals surface area contributed by atoms with Gasteiger partial charge >= 0.3 is 0 Å². The molecule has 0 bridgehead atoms. The van der Waals surface area contributed by atoms with Crippen molar-refractivity contribution in [3.8, 4) is 12.0 Å². The van der Waals surface area contributed by atoms with Crippen molar-refractivity contribution in [2.45, 2.75) is 6.92 Å². The number of rotatable bonds is 4. The summed E-state index contributed by atoms with van der Waals surface area (Å²) in [6.45, 7) is 4.93. The van der Waals surface area contributed by atoms with E-state index in [0.29, 0.717) is 34.4 Å². The molecule has 4 heterocycles. The van der Waals surface area contributed by atoms with Gasteiger partial charge in [-0.1, -0.05) is 5.92 Å². The Hall–Kier alpha value is -3.71. The summed E-state index contributed by atoms with van der Waals surface area (Å²) in [5, 5.41) is 6.31. The van der Waals surface area contributed by atoms with Gasteiger partial charge in [-0.2, -0.15) is 9.97 Å². The van der Waals surface area contributed by atoms with Gasteiger partial charge in [0.1, 0.15) is 5.82 Å². The minimum atomic E-state index is -0.265. The summed E-state index contributed by atoms with van der Waals surface area (Å²) in [5.41, 5.74) is 0.852. The van der Waals surface area contributed by atoms with Crippen molar-refractivity contribution in [3.63, 3.8) is 0 Å². The van der Waals surface area contributed by atoms with Crippen molar-refractivity contribution in [3.05, 3.63) is 34.2 Å². The van der Waals surface area contributed by atoms with E-state index in [1.807, 2.05) is 0 Å². The average molecular weight is 392 g/mol. The van der Waals surface area contributed by atoms with E-state index in [2.05, 4.69) is 42.5 Å². The van der Waals surface area contributed by atoms with Crippen LogP contribution in [0.15, 0.2) is 23.1 Å². The van der Waals surface area contributed by atoms with Crippen molar-refractivity contribution in [1.82, 2.24) is 29.4 Å². The zero-order chi connectivity index (χ0) is 20.4. The molecule has 0 amide bonds. The molecule has 0 unspecified atom stereocenters. The molecule has 2 N–H and O–H groups in total.